The Morgan fingerprint density at radius 3 is 0.630 bits per heavy atom. The van der Waals surface area contributed by atoms with Crippen molar-refractivity contribution in [3.8, 4) is 0 Å². The highest BCUT2D eigenvalue weighted by Gasteiger charge is 2.30. The quantitative estimate of drug-likeness (QED) is 0.0222. The second-order valence-corrected chi connectivity index (χ2v) is 24.9. The van der Waals surface area contributed by atoms with Gasteiger partial charge in [-0.05, 0) is 128 Å². The number of carbonyl (C=O) groups excluding carboxylic acids is 4. The molecular formula is C81H118O17P2. The topological polar surface area (TPSA) is 237 Å². The lowest BCUT2D eigenvalue weighted by atomic mass is 10.2. The Bertz CT molecular complexity index is 2680. The van der Waals surface area contributed by atoms with Gasteiger partial charge in [-0.2, -0.15) is 0 Å². The summed E-state index contributed by atoms with van der Waals surface area (Å²) in [5.74, 6) is -2.82. The van der Waals surface area contributed by atoms with Crippen molar-refractivity contribution in [2.45, 2.75) is 200 Å². The van der Waals surface area contributed by atoms with E-state index in [9.17, 15) is 43.2 Å². The zero-order valence-electron chi connectivity index (χ0n) is 60.0. The van der Waals surface area contributed by atoms with Crippen LogP contribution in [0.1, 0.15) is 182 Å². The lowest BCUT2D eigenvalue weighted by Crippen LogP contribution is -2.30. The smallest absolute Gasteiger partial charge is 0.461 e. The molecule has 0 spiro atoms. The molecule has 0 saturated heterocycles. The number of aliphatic hydroxyl groups excluding tert-OH is 1. The molecule has 4 atom stereocenters. The van der Waals surface area contributed by atoms with Crippen LogP contribution in [0, 0.1) is 0 Å². The van der Waals surface area contributed by atoms with Crippen molar-refractivity contribution in [1.29, 1.82) is 0 Å². The van der Waals surface area contributed by atoms with Crippen LogP contribution < -0.4 is 0 Å². The van der Waals surface area contributed by atoms with Gasteiger partial charge >= 0.3 is 39.5 Å². The molecule has 554 valence electrons. The van der Waals surface area contributed by atoms with Gasteiger partial charge < -0.3 is 33.8 Å². The van der Waals surface area contributed by atoms with Crippen LogP contribution in [0.25, 0.3) is 0 Å². The highest BCUT2D eigenvalue weighted by molar-refractivity contribution is 7.47. The van der Waals surface area contributed by atoms with E-state index in [1.54, 1.807) is 48.6 Å². The van der Waals surface area contributed by atoms with Gasteiger partial charge in [-0.3, -0.25) is 37.3 Å². The van der Waals surface area contributed by atoms with E-state index in [2.05, 4.69) is 174 Å². The van der Waals surface area contributed by atoms with Crippen LogP contribution in [0.5, 0.6) is 0 Å². The molecule has 0 amide bonds. The summed E-state index contributed by atoms with van der Waals surface area (Å²) in [5, 5.41) is 10.6. The Kier molecular flexibility index (Phi) is 65.3. The number of esters is 4. The van der Waals surface area contributed by atoms with Crippen molar-refractivity contribution >= 4 is 39.5 Å². The lowest BCUT2D eigenvalue weighted by Gasteiger charge is -2.21. The van der Waals surface area contributed by atoms with Gasteiger partial charge in [-0.1, -0.05) is 271 Å². The molecule has 0 aliphatic rings. The number of allylic oxidation sites excluding steroid dienone is 36. The number of rotatable bonds is 62. The van der Waals surface area contributed by atoms with Gasteiger partial charge in [-0.15, -0.1) is 0 Å². The minimum Gasteiger partial charge on any atom is -0.461 e. The van der Waals surface area contributed by atoms with Crippen LogP contribution in [0.3, 0.4) is 0 Å². The zero-order chi connectivity index (χ0) is 73.2. The predicted molar refractivity (Wildman–Crippen MR) is 407 cm³/mol. The fourth-order valence-corrected chi connectivity index (χ4v) is 9.33. The second kappa shape index (κ2) is 70.3. The Morgan fingerprint density at radius 1 is 0.260 bits per heavy atom. The highest BCUT2D eigenvalue weighted by Crippen LogP contribution is 2.45. The number of hydrogen-bond donors (Lipinski definition) is 3. The minimum atomic E-state index is -5.04. The number of carbonyl (C=O) groups is 4. The van der Waals surface area contributed by atoms with Gasteiger partial charge in [-0.25, -0.2) is 9.13 Å². The van der Waals surface area contributed by atoms with Gasteiger partial charge in [0.1, 0.15) is 19.3 Å². The maximum atomic E-state index is 13.0. The van der Waals surface area contributed by atoms with Crippen molar-refractivity contribution in [2.75, 3.05) is 39.6 Å². The van der Waals surface area contributed by atoms with E-state index in [0.717, 1.165) is 103 Å². The molecule has 0 aliphatic carbocycles. The van der Waals surface area contributed by atoms with E-state index in [4.69, 9.17) is 37.0 Å². The van der Waals surface area contributed by atoms with Gasteiger partial charge in [0.25, 0.3) is 0 Å². The molecule has 0 heterocycles. The molecule has 3 N–H and O–H groups in total. The SMILES string of the molecule is CC/C=C\C/C=C\C/C=C\C/C=C\C/C=C\CC(=O)OCC(COP(=O)(O)OCC(O)COP(=O)(O)OCC(COC(=O)C/C=C\C/C=C\C/C=C\C/C=C\C/C=C\CC)OC(=O)C/C=C\C/C=C\C/C=C\C/C=C\C/C=C\CC)OC(=O)C/C=C\C/C=C\C/C=C\C/C=C\C/C=C\CC. The van der Waals surface area contributed by atoms with Crippen LogP contribution in [-0.2, 0) is 65.4 Å². The summed E-state index contributed by atoms with van der Waals surface area (Å²) < 4.78 is 67.7. The molecule has 0 bridgehead atoms. The van der Waals surface area contributed by atoms with E-state index < -0.39 is 97.5 Å². The van der Waals surface area contributed by atoms with Crippen molar-refractivity contribution in [1.82, 2.24) is 0 Å². The fourth-order valence-electron chi connectivity index (χ4n) is 7.75. The van der Waals surface area contributed by atoms with E-state index in [0.29, 0.717) is 25.7 Å². The van der Waals surface area contributed by atoms with Gasteiger partial charge in [0.15, 0.2) is 12.2 Å². The fraction of sp³-hybridized carbons (Fsp3) is 0.457. The average molecular weight is 1430 g/mol. The third-order valence-electron chi connectivity index (χ3n) is 12.9. The van der Waals surface area contributed by atoms with Gasteiger partial charge in [0, 0.05) is 0 Å². The normalized spacial score (nSPS) is 15.4. The van der Waals surface area contributed by atoms with Crippen molar-refractivity contribution in [3.63, 3.8) is 0 Å². The van der Waals surface area contributed by atoms with Crippen molar-refractivity contribution in [3.05, 3.63) is 243 Å². The summed E-state index contributed by atoms with van der Waals surface area (Å²) in [6.07, 6.45) is 91.6. The first kappa shape index (κ1) is 92.9. The van der Waals surface area contributed by atoms with Crippen LogP contribution in [0.2, 0.25) is 0 Å². The maximum absolute atomic E-state index is 13.0. The van der Waals surface area contributed by atoms with Crippen LogP contribution in [-0.4, -0.2) is 96.7 Å². The van der Waals surface area contributed by atoms with Crippen LogP contribution in [0.4, 0.5) is 0 Å². The molecule has 4 unspecified atom stereocenters. The number of ether oxygens (including phenoxy) is 4. The molecule has 0 aromatic rings. The van der Waals surface area contributed by atoms with Crippen molar-refractivity contribution < 1.29 is 80.2 Å². The lowest BCUT2D eigenvalue weighted by molar-refractivity contribution is -0.160. The first-order chi connectivity index (χ1) is 48.7. The monoisotopic (exact) mass is 1420 g/mol. The van der Waals surface area contributed by atoms with E-state index in [1.165, 1.54) is 0 Å². The maximum Gasteiger partial charge on any atom is 0.472 e. The summed E-state index contributed by atoms with van der Waals surface area (Å²) in [7, 11) is -10.1. The minimum absolute atomic E-state index is 0.106. The molecule has 0 radical (unpaired) electrons. The number of hydrogen-bond acceptors (Lipinski definition) is 15. The van der Waals surface area contributed by atoms with Crippen LogP contribution in [0.15, 0.2) is 243 Å². The number of phosphoric ester groups is 2. The van der Waals surface area contributed by atoms with Gasteiger partial charge in [0.05, 0.1) is 52.1 Å². The third-order valence-corrected chi connectivity index (χ3v) is 14.8. The van der Waals surface area contributed by atoms with Gasteiger partial charge in [0.2, 0.25) is 0 Å². The summed E-state index contributed by atoms with van der Waals surface area (Å²) in [6.45, 7) is 3.84. The Morgan fingerprint density at radius 2 is 0.430 bits per heavy atom. The van der Waals surface area contributed by atoms with E-state index >= 15 is 0 Å². The summed E-state index contributed by atoms with van der Waals surface area (Å²) in [5.41, 5.74) is 0. The number of aliphatic hydroxyl groups is 1. The molecule has 19 heteroatoms. The van der Waals surface area contributed by atoms with Crippen LogP contribution >= 0.6 is 15.6 Å². The zero-order valence-corrected chi connectivity index (χ0v) is 61.8. The van der Waals surface area contributed by atoms with Crippen molar-refractivity contribution in [2.24, 2.45) is 0 Å². The molecule has 0 aliphatic heterocycles. The molecule has 17 nitrogen and oxygen atoms in total. The summed E-state index contributed by atoms with van der Waals surface area (Å²) >= 11 is 0. The average Bonchev–Trinajstić information content (AvgIpc) is 1.01. The molecular weight excluding hydrogens is 1310 g/mol. The Hall–Kier alpha value is -7.14. The first-order valence-corrected chi connectivity index (χ1v) is 38.3. The number of phosphoric acid groups is 2. The molecule has 0 aromatic heterocycles. The predicted octanol–water partition coefficient (Wildman–Crippen LogP) is 20.1. The summed E-state index contributed by atoms with van der Waals surface area (Å²) in [4.78, 5) is 72.4. The standard InChI is InChI=1S/C81H118O17P2/c1-5-9-13-17-21-25-29-33-37-41-45-49-53-57-61-65-78(83)91-71-76(97-80(85)67-63-59-55-51-47-43-39-35-31-27-23-19-15-11-7-3)73-95-99(87,88)93-69-75(82)70-94-100(89,90)96-74-77(98-81(86)68-64-60-56-52-48-44-40-36-32-28-24-20-16-12-8-4)72-92-79(84)66-62-58-54-50-46-42-38-34-30-26-22-18-14-10-6-2/h9-16,21-28,33-40,45-52,57-64,75-77,82H,5-8,17-20,29-32,41-44,53-56,65-74H2,1-4H3,(H,87,88)(H,89,90)/b13-9-,14-10-,15-11-,16-12-,25-21-,26-22-,27-23-,28-24-,37-33-,38-34-,39-35-,40-36-,49-45-,50-46-,51-47-,52-48-,61-57-,62-58-,63-59-,64-60-. The second-order valence-electron chi connectivity index (χ2n) is 22.0. The Balaban J connectivity index is 5.68. The largest absolute Gasteiger partial charge is 0.472 e. The Labute approximate surface area is 599 Å². The molecule has 0 saturated carbocycles. The summed E-state index contributed by atoms with van der Waals surface area (Å²) in [6, 6.07) is 0. The molecule has 100 heavy (non-hydrogen) atoms. The first-order valence-electron chi connectivity index (χ1n) is 35.3. The van der Waals surface area contributed by atoms with E-state index in [1.807, 2.05) is 48.6 Å². The van der Waals surface area contributed by atoms with E-state index in [-0.39, 0.29) is 25.7 Å². The molecule has 0 fully saturated rings. The molecule has 0 rings (SSSR count). The highest BCUT2D eigenvalue weighted by atomic mass is 31.2. The third kappa shape index (κ3) is 69.3. The molecule has 0 aromatic carbocycles.